The van der Waals surface area contributed by atoms with Gasteiger partial charge in [-0.1, -0.05) is 13.8 Å². The topological polar surface area (TPSA) is 105 Å². The molecule has 3 saturated heterocycles. The van der Waals surface area contributed by atoms with E-state index in [-0.39, 0.29) is 25.0 Å². The van der Waals surface area contributed by atoms with Crippen LogP contribution in [0.4, 0.5) is 0 Å². The first-order valence-corrected chi connectivity index (χ1v) is 11.1. The van der Waals surface area contributed by atoms with Gasteiger partial charge in [0.05, 0.1) is 30.8 Å². The van der Waals surface area contributed by atoms with Crippen molar-refractivity contribution in [2.24, 2.45) is 11.8 Å². The number of nitrogens with zero attached hydrogens (tertiary/aromatic N) is 1. The lowest BCUT2D eigenvalue weighted by atomic mass is 9.65. The molecular formula is C22H36N2O6. The zero-order valence-corrected chi connectivity index (χ0v) is 19.0. The molecule has 3 rings (SSSR count). The number of rotatable bonds is 7. The van der Waals surface area contributed by atoms with Crippen LogP contribution in [0, 0.1) is 11.8 Å². The van der Waals surface area contributed by atoms with Crippen molar-refractivity contribution >= 4 is 17.8 Å². The number of likely N-dealkylation sites (tertiary alicyclic amines) is 1. The number of fused-ring (bicyclic) bond motifs is 1. The smallest absolute Gasteiger partial charge is 0.312 e. The monoisotopic (exact) mass is 424 g/mol. The number of hydrogen-bond donors (Lipinski definition) is 2. The molecule has 3 heterocycles. The fraction of sp³-hybridized carbons (Fsp3) is 0.864. The minimum absolute atomic E-state index is 0.217. The minimum atomic E-state index is -1.08. The average molecular weight is 425 g/mol. The number of aliphatic hydroxyl groups excluding tert-OH is 1. The van der Waals surface area contributed by atoms with Crippen LogP contribution in [0.5, 0.6) is 0 Å². The molecule has 0 aromatic heterocycles. The molecule has 3 fully saturated rings. The Morgan fingerprint density at radius 3 is 2.47 bits per heavy atom. The van der Waals surface area contributed by atoms with Gasteiger partial charge in [-0.05, 0) is 53.4 Å². The summed E-state index contributed by atoms with van der Waals surface area (Å²) in [5, 5.41) is 13.0. The Labute approximate surface area is 178 Å². The average Bonchev–Trinajstić information content (AvgIpc) is 3.26. The molecule has 8 nitrogen and oxygen atoms in total. The van der Waals surface area contributed by atoms with E-state index in [1.165, 1.54) is 4.90 Å². The third kappa shape index (κ3) is 3.23. The lowest BCUT2D eigenvalue weighted by Gasteiger charge is -2.38. The molecule has 2 N–H and O–H groups in total. The van der Waals surface area contributed by atoms with Crippen molar-refractivity contribution in [3.8, 4) is 0 Å². The first kappa shape index (κ1) is 23.0. The highest BCUT2D eigenvalue weighted by Gasteiger charge is 2.79. The van der Waals surface area contributed by atoms with E-state index in [0.29, 0.717) is 25.7 Å². The first-order chi connectivity index (χ1) is 14.0. The zero-order chi connectivity index (χ0) is 22.5. The summed E-state index contributed by atoms with van der Waals surface area (Å²) in [6.45, 7) is 11.2. The van der Waals surface area contributed by atoms with Gasteiger partial charge in [0, 0.05) is 5.54 Å². The van der Waals surface area contributed by atoms with E-state index in [9.17, 15) is 19.5 Å². The van der Waals surface area contributed by atoms with Crippen molar-refractivity contribution in [1.29, 1.82) is 0 Å². The summed E-state index contributed by atoms with van der Waals surface area (Å²) in [6, 6.07) is -1.41. The Morgan fingerprint density at radius 1 is 1.30 bits per heavy atom. The summed E-state index contributed by atoms with van der Waals surface area (Å²) >= 11 is 0. The molecule has 0 saturated carbocycles. The normalized spacial score (nSPS) is 36.0. The van der Waals surface area contributed by atoms with Gasteiger partial charge < -0.3 is 24.8 Å². The molecule has 170 valence electrons. The number of hydrogen-bond acceptors (Lipinski definition) is 6. The Bertz CT molecular complexity index is 715. The quantitative estimate of drug-likeness (QED) is 0.599. The fourth-order valence-corrected chi connectivity index (χ4v) is 5.79. The van der Waals surface area contributed by atoms with E-state index in [1.54, 1.807) is 6.92 Å². The van der Waals surface area contributed by atoms with E-state index in [4.69, 9.17) is 9.47 Å². The summed E-state index contributed by atoms with van der Waals surface area (Å²) in [5.74, 6) is -2.55. The maximum absolute atomic E-state index is 13.7. The third-order valence-corrected chi connectivity index (χ3v) is 6.98. The molecule has 0 aromatic carbocycles. The van der Waals surface area contributed by atoms with Crippen molar-refractivity contribution in [2.45, 2.75) is 96.1 Å². The number of carbonyl (C=O) groups excluding carboxylic acids is 3. The van der Waals surface area contributed by atoms with Crippen molar-refractivity contribution in [3.05, 3.63) is 0 Å². The predicted molar refractivity (Wildman–Crippen MR) is 109 cm³/mol. The molecule has 2 amide bonds. The van der Waals surface area contributed by atoms with Crippen LogP contribution < -0.4 is 5.32 Å². The van der Waals surface area contributed by atoms with Gasteiger partial charge in [0.2, 0.25) is 11.8 Å². The Kier molecular flexibility index (Phi) is 5.97. The molecule has 1 spiro atoms. The van der Waals surface area contributed by atoms with Gasteiger partial charge in [-0.2, -0.15) is 0 Å². The molecule has 8 heteroatoms. The maximum Gasteiger partial charge on any atom is 0.312 e. The Balaban J connectivity index is 2.12. The van der Waals surface area contributed by atoms with Crippen LogP contribution in [0.1, 0.15) is 67.2 Å². The molecule has 3 aliphatic heterocycles. The number of nitrogens with one attached hydrogen (secondary N) is 1. The van der Waals surface area contributed by atoms with E-state index in [1.807, 2.05) is 34.6 Å². The van der Waals surface area contributed by atoms with Gasteiger partial charge >= 0.3 is 5.97 Å². The fourth-order valence-electron chi connectivity index (χ4n) is 5.79. The van der Waals surface area contributed by atoms with Crippen LogP contribution in [0.15, 0.2) is 0 Å². The van der Waals surface area contributed by atoms with Gasteiger partial charge in [0.25, 0.3) is 0 Å². The molecule has 6 atom stereocenters. The predicted octanol–water partition coefficient (Wildman–Crippen LogP) is 1.39. The Hall–Kier alpha value is -1.67. The largest absolute Gasteiger partial charge is 0.466 e. The zero-order valence-electron chi connectivity index (χ0n) is 19.0. The highest BCUT2D eigenvalue weighted by atomic mass is 16.6. The van der Waals surface area contributed by atoms with Crippen molar-refractivity contribution in [1.82, 2.24) is 10.2 Å². The van der Waals surface area contributed by atoms with E-state index < -0.39 is 46.6 Å². The lowest BCUT2D eigenvalue weighted by Crippen LogP contribution is -2.60. The number of aliphatic hydroxyl groups is 1. The second kappa shape index (κ2) is 7.79. The van der Waals surface area contributed by atoms with E-state index in [2.05, 4.69) is 5.32 Å². The second-order valence-electron chi connectivity index (χ2n) is 9.81. The van der Waals surface area contributed by atoms with Crippen LogP contribution in [0.25, 0.3) is 0 Å². The maximum atomic E-state index is 13.7. The van der Waals surface area contributed by atoms with Gasteiger partial charge in [-0.25, -0.2) is 0 Å². The molecular weight excluding hydrogens is 388 g/mol. The Morgan fingerprint density at radius 2 is 1.97 bits per heavy atom. The highest BCUT2D eigenvalue weighted by Crippen LogP contribution is 2.64. The summed E-state index contributed by atoms with van der Waals surface area (Å²) < 4.78 is 11.9. The van der Waals surface area contributed by atoms with Crippen LogP contribution in [0.3, 0.4) is 0 Å². The standard InChI is InChI=1S/C22H36N2O6/c1-7-13(12-25)24-16(17(26)23-20(4,5)6)22-11-10-21(8-2,30-22)15(14(22)18(24)27)19(28)29-9-3/h13-16,25H,7-12H2,1-6H3,(H,23,26)/t13-,14-,15+,16?,21-,22?/m0/s1. The van der Waals surface area contributed by atoms with Crippen molar-refractivity contribution in [2.75, 3.05) is 13.2 Å². The second-order valence-corrected chi connectivity index (χ2v) is 9.81. The van der Waals surface area contributed by atoms with Crippen molar-refractivity contribution in [3.63, 3.8) is 0 Å². The van der Waals surface area contributed by atoms with Crippen LogP contribution in [-0.2, 0) is 23.9 Å². The van der Waals surface area contributed by atoms with Gasteiger partial charge in [-0.15, -0.1) is 0 Å². The minimum Gasteiger partial charge on any atom is -0.466 e. The third-order valence-electron chi connectivity index (χ3n) is 6.98. The van der Waals surface area contributed by atoms with Crippen LogP contribution >= 0.6 is 0 Å². The molecule has 2 bridgehead atoms. The lowest BCUT2D eigenvalue weighted by molar-refractivity contribution is -0.162. The van der Waals surface area contributed by atoms with Crippen LogP contribution in [-0.4, -0.2) is 69.8 Å². The molecule has 2 unspecified atom stereocenters. The number of carbonyl (C=O) groups is 3. The number of amides is 2. The number of esters is 1. The summed E-state index contributed by atoms with van der Waals surface area (Å²) in [4.78, 5) is 41.7. The molecule has 0 radical (unpaired) electrons. The first-order valence-electron chi connectivity index (χ1n) is 11.1. The summed E-state index contributed by atoms with van der Waals surface area (Å²) in [5.41, 5.74) is -2.37. The molecule has 30 heavy (non-hydrogen) atoms. The highest BCUT2D eigenvalue weighted by molar-refractivity contribution is 5.98. The van der Waals surface area contributed by atoms with Crippen LogP contribution in [0.2, 0.25) is 0 Å². The van der Waals surface area contributed by atoms with Gasteiger partial charge in [0.15, 0.2) is 0 Å². The van der Waals surface area contributed by atoms with E-state index >= 15 is 0 Å². The van der Waals surface area contributed by atoms with Gasteiger partial charge in [0.1, 0.15) is 17.6 Å². The summed E-state index contributed by atoms with van der Waals surface area (Å²) in [7, 11) is 0. The summed E-state index contributed by atoms with van der Waals surface area (Å²) in [6.07, 6.45) is 2.17. The number of ether oxygens (including phenoxy) is 2. The SMILES string of the molecule is CCOC(=O)[C@H]1[C@H]2C(=O)N([C@@H](CC)CO)C(C(=O)NC(C)(C)C)C23CC[C@]1(CC)O3. The molecule has 0 aromatic rings. The molecule has 0 aliphatic carbocycles. The van der Waals surface area contributed by atoms with E-state index in [0.717, 1.165) is 0 Å². The van der Waals surface area contributed by atoms with Gasteiger partial charge in [-0.3, -0.25) is 14.4 Å². The molecule has 3 aliphatic rings. The van der Waals surface area contributed by atoms with Crippen molar-refractivity contribution < 1.29 is 29.0 Å².